The lowest BCUT2D eigenvalue weighted by atomic mass is 10.1. The SMILES string of the molecule is COC(CNC(=O)c1cn(C2CCNCC2)nn1)c1ccc(F)cc1. The molecule has 1 unspecified atom stereocenters. The topological polar surface area (TPSA) is 81.1 Å². The zero-order chi connectivity index (χ0) is 17.6. The van der Waals surface area contributed by atoms with Crippen LogP contribution in [0.15, 0.2) is 30.5 Å². The number of amides is 1. The molecule has 1 fully saturated rings. The van der Waals surface area contributed by atoms with Gasteiger partial charge in [-0.05, 0) is 43.6 Å². The normalized spacial score (nSPS) is 16.6. The van der Waals surface area contributed by atoms with Crippen molar-refractivity contribution < 1.29 is 13.9 Å². The highest BCUT2D eigenvalue weighted by Gasteiger charge is 2.19. The van der Waals surface area contributed by atoms with Gasteiger partial charge in [0.05, 0.1) is 18.3 Å². The van der Waals surface area contributed by atoms with E-state index in [2.05, 4.69) is 20.9 Å². The molecule has 1 amide bonds. The molecule has 1 aromatic carbocycles. The van der Waals surface area contributed by atoms with Crippen LogP contribution in [0.25, 0.3) is 0 Å². The van der Waals surface area contributed by atoms with Gasteiger partial charge >= 0.3 is 0 Å². The summed E-state index contributed by atoms with van der Waals surface area (Å²) in [6, 6.07) is 6.30. The number of carbonyl (C=O) groups is 1. The van der Waals surface area contributed by atoms with Gasteiger partial charge in [-0.3, -0.25) is 4.79 Å². The van der Waals surface area contributed by atoms with Crippen molar-refractivity contribution in [3.05, 3.63) is 47.5 Å². The van der Waals surface area contributed by atoms with Crippen LogP contribution in [-0.4, -0.2) is 47.6 Å². The fourth-order valence-electron chi connectivity index (χ4n) is 2.92. The molecule has 0 aliphatic carbocycles. The largest absolute Gasteiger partial charge is 0.375 e. The lowest BCUT2D eigenvalue weighted by molar-refractivity contribution is 0.0824. The van der Waals surface area contributed by atoms with Crippen molar-refractivity contribution in [2.45, 2.75) is 25.0 Å². The van der Waals surface area contributed by atoms with Gasteiger partial charge in [-0.15, -0.1) is 5.10 Å². The van der Waals surface area contributed by atoms with Gasteiger partial charge in [-0.1, -0.05) is 17.3 Å². The number of carbonyl (C=O) groups excluding carboxylic acids is 1. The number of nitrogens with zero attached hydrogens (tertiary/aromatic N) is 3. The van der Waals surface area contributed by atoms with Gasteiger partial charge in [0, 0.05) is 13.7 Å². The van der Waals surface area contributed by atoms with Crippen LogP contribution in [0.1, 0.15) is 41.0 Å². The Hall–Kier alpha value is -2.32. The van der Waals surface area contributed by atoms with Crippen molar-refractivity contribution in [1.29, 1.82) is 0 Å². The first-order chi connectivity index (χ1) is 12.2. The highest BCUT2D eigenvalue weighted by Crippen LogP contribution is 2.18. The molecule has 0 saturated carbocycles. The summed E-state index contributed by atoms with van der Waals surface area (Å²) in [4.78, 5) is 12.3. The number of methoxy groups -OCH3 is 1. The van der Waals surface area contributed by atoms with E-state index in [0.717, 1.165) is 31.5 Å². The van der Waals surface area contributed by atoms with E-state index in [1.54, 1.807) is 30.1 Å². The summed E-state index contributed by atoms with van der Waals surface area (Å²) in [5.74, 6) is -0.610. The number of halogens is 1. The molecule has 2 aromatic rings. The van der Waals surface area contributed by atoms with Gasteiger partial charge in [0.25, 0.3) is 5.91 Å². The van der Waals surface area contributed by atoms with E-state index >= 15 is 0 Å². The molecule has 0 radical (unpaired) electrons. The summed E-state index contributed by atoms with van der Waals surface area (Å²) in [7, 11) is 1.55. The second-order valence-electron chi connectivity index (χ2n) is 6.05. The molecule has 7 nitrogen and oxygen atoms in total. The Kier molecular flexibility index (Phi) is 5.72. The van der Waals surface area contributed by atoms with E-state index in [4.69, 9.17) is 4.74 Å². The lowest BCUT2D eigenvalue weighted by Crippen LogP contribution is -2.30. The minimum Gasteiger partial charge on any atom is -0.375 e. The van der Waals surface area contributed by atoms with Gasteiger partial charge in [-0.25, -0.2) is 9.07 Å². The lowest BCUT2D eigenvalue weighted by Gasteiger charge is -2.22. The highest BCUT2D eigenvalue weighted by molar-refractivity contribution is 5.91. The number of hydrogen-bond acceptors (Lipinski definition) is 5. The second kappa shape index (κ2) is 8.17. The molecule has 1 saturated heterocycles. The summed E-state index contributed by atoms with van der Waals surface area (Å²) >= 11 is 0. The van der Waals surface area contributed by atoms with Gasteiger partial charge < -0.3 is 15.4 Å². The van der Waals surface area contributed by atoms with Crippen LogP contribution in [0, 0.1) is 5.82 Å². The Morgan fingerprint density at radius 2 is 2.12 bits per heavy atom. The fraction of sp³-hybridized carbons (Fsp3) is 0.471. The van der Waals surface area contributed by atoms with Crippen LogP contribution in [0.5, 0.6) is 0 Å². The van der Waals surface area contributed by atoms with Gasteiger partial charge in [0.1, 0.15) is 5.82 Å². The molecular formula is C17H22FN5O2. The van der Waals surface area contributed by atoms with Crippen molar-refractivity contribution in [3.63, 3.8) is 0 Å². The Bertz CT molecular complexity index is 697. The van der Waals surface area contributed by atoms with Crippen LogP contribution in [0.3, 0.4) is 0 Å². The van der Waals surface area contributed by atoms with Crippen molar-refractivity contribution in [2.24, 2.45) is 0 Å². The van der Waals surface area contributed by atoms with Crippen LogP contribution >= 0.6 is 0 Å². The number of benzene rings is 1. The van der Waals surface area contributed by atoms with E-state index in [1.807, 2.05) is 0 Å². The monoisotopic (exact) mass is 347 g/mol. The van der Waals surface area contributed by atoms with Gasteiger partial charge in [0.15, 0.2) is 5.69 Å². The van der Waals surface area contributed by atoms with Crippen molar-refractivity contribution in [2.75, 3.05) is 26.7 Å². The summed E-state index contributed by atoms with van der Waals surface area (Å²) in [6.45, 7) is 2.15. The Balaban J connectivity index is 1.58. The average Bonchev–Trinajstić information content (AvgIpc) is 3.14. The summed E-state index contributed by atoms with van der Waals surface area (Å²) in [5.41, 5.74) is 1.08. The zero-order valence-corrected chi connectivity index (χ0v) is 14.1. The minimum absolute atomic E-state index is 0.265. The predicted octanol–water partition coefficient (Wildman–Crippen LogP) is 1.46. The maximum atomic E-state index is 13.0. The zero-order valence-electron chi connectivity index (χ0n) is 14.1. The number of rotatable bonds is 6. The number of aromatic nitrogens is 3. The van der Waals surface area contributed by atoms with E-state index in [0.29, 0.717) is 0 Å². The number of hydrogen-bond donors (Lipinski definition) is 2. The van der Waals surface area contributed by atoms with Crippen LogP contribution < -0.4 is 10.6 Å². The van der Waals surface area contributed by atoms with Crippen LogP contribution in [-0.2, 0) is 4.74 Å². The molecule has 3 rings (SSSR count). The second-order valence-corrected chi connectivity index (χ2v) is 6.05. The van der Waals surface area contributed by atoms with Gasteiger partial charge in [0.2, 0.25) is 0 Å². The van der Waals surface area contributed by atoms with Crippen molar-refractivity contribution >= 4 is 5.91 Å². The van der Waals surface area contributed by atoms with Crippen LogP contribution in [0.4, 0.5) is 4.39 Å². The standard InChI is InChI=1S/C17H22FN5O2/c1-25-16(12-2-4-13(18)5-3-12)10-20-17(24)15-11-23(22-21-15)14-6-8-19-9-7-14/h2-5,11,14,16,19H,6-10H2,1H3,(H,20,24). The third-order valence-electron chi connectivity index (χ3n) is 4.40. The van der Waals surface area contributed by atoms with Crippen molar-refractivity contribution in [1.82, 2.24) is 25.6 Å². The van der Waals surface area contributed by atoms with Crippen LogP contribution in [0.2, 0.25) is 0 Å². The Morgan fingerprint density at radius 1 is 1.40 bits per heavy atom. The summed E-state index contributed by atoms with van der Waals surface area (Å²) in [6.07, 6.45) is 3.27. The molecular weight excluding hydrogens is 325 g/mol. The number of ether oxygens (including phenoxy) is 1. The van der Waals surface area contributed by atoms with E-state index in [1.165, 1.54) is 12.1 Å². The molecule has 8 heteroatoms. The smallest absolute Gasteiger partial charge is 0.273 e. The molecule has 2 heterocycles. The Morgan fingerprint density at radius 3 is 2.80 bits per heavy atom. The number of piperidine rings is 1. The predicted molar refractivity (Wildman–Crippen MR) is 89.6 cm³/mol. The first-order valence-electron chi connectivity index (χ1n) is 8.36. The first-order valence-corrected chi connectivity index (χ1v) is 8.36. The third-order valence-corrected chi connectivity index (χ3v) is 4.40. The third kappa shape index (κ3) is 4.40. The minimum atomic E-state index is -0.357. The van der Waals surface area contributed by atoms with Gasteiger partial charge in [-0.2, -0.15) is 0 Å². The fourth-order valence-corrected chi connectivity index (χ4v) is 2.92. The Labute approximate surface area is 145 Å². The molecule has 25 heavy (non-hydrogen) atoms. The summed E-state index contributed by atoms with van der Waals surface area (Å²) in [5, 5.41) is 14.1. The number of nitrogens with one attached hydrogen (secondary N) is 2. The summed E-state index contributed by atoms with van der Waals surface area (Å²) < 4.78 is 20.2. The molecule has 1 aromatic heterocycles. The first kappa shape index (κ1) is 17.5. The maximum absolute atomic E-state index is 13.0. The highest BCUT2D eigenvalue weighted by atomic mass is 19.1. The van der Waals surface area contributed by atoms with E-state index in [9.17, 15) is 9.18 Å². The van der Waals surface area contributed by atoms with Crippen molar-refractivity contribution in [3.8, 4) is 0 Å². The molecule has 1 aliphatic heterocycles. The average molecular weight is 347 g/mol. The molecule has 1 aliphatic rings. The van der Waals surface area contributed by atoms with E-state index in [-0.39, 0.29) is 36.1 Å². The molecule has 134 valence electrons. The van der Waals surface area contributed by atoms with E-state index < -0.39 is 0 Å². The molecule has 0 spiro atoms. The molecule has 2 N–H and O–H groups in total. The maximum Gasteiger partial charge on any atom is 0.273 e. The quantitative estimate of drug-likeness (QED) is 0.827. The molecule has 1 atom stereocenters. The molecule has 0 bridgehead atoms.